The summed E-state index contributed by atoms with van der Waals surface area (Å²) in [6.07, 6.45) is -0.462. The summed E-state index contributed by atoms with van der Waals surface area (Å²) in [6.45, 7) is 4.36. The van der Waals surface area contributed by atoms with Gasteiger partial charge in [-0.05, 0) is 36.6 Å². The predicted octanol–water partition coefficient (Wildman–Crippen LogP) is 5.40. The number of aromatic nitrogens is 1. The van der Waals surface area contributed by atoms with Crippen LogP contribution in [0, 0.1) is 5.92 Å². The maximum atomic E-state index is 13.2. The summed E-state index contributed by atoms with van der Waals surface area (Å²) in [4.78, 5) is 27.4. The molecule has 39 heavy (non-hydrogen) atoms. The zero-order valence-corrected chi connectivity index (χ0v) is 24.3. The number of β-amino-alcohol motifs (C(OH)–C–C–N with tert-alkyl or cyclic N) is 1. The summed E-state index contributed by atoms with van der Waals surface area (Å²) < 4.78 is 5.60. The number of alkyl halides is 2. The molecule has 1 aromatic heterocycles. The van der Waals surface area contributed by atoms with Gasteiger partial charge in [-0.15, -0.1) is 0 Å². The topological polar surface area (TPSA) is 113 Å². The van der Waals surface area contributed by atoms with Crippen LogP contribution in [0.15, 0.2) is 53.1 Å². The second-order valence-electron chi connectivity index (χ2n) is 9.79. The Labute approximate surface area is 246 Å². The summed E-state index contributed by atoms with van der Waals surface area (Å²) in [5, 5.41) is 15.3. The van der Waals surface area contributed by atoms with Gasteiger partial charge in [0, 0.05) is 42.0 Å². The van der Waals surface area contributed by atoms with Crippen molar-refractivity contribution in [3.8, 4) is 22.6 Å². The third-order valence-electron chi connectivity index (χ3n) is 6.83. The van der Waals surface area contributed by atoms with Gasteiger partial charge in [0.05, 0.1) is 22.2 Å². The van der Waals surface area contributed by atoms with Crippen LogP contribution < -0.4 is 10.6 Å². The van der Waals surface area contributed by atoms with E-state index >= 15 is 0 Å². The van der Waals surface area contributed by atoms with Gasteiger partial charge in [-0.1, -0.05) is 83.6 Å². The summed E-state index contributed by atoms with van der Waals surface area (Å²) in [5.74, 6) is -0.626. The Hall–Kier alpha value is -2.33. The average molecular weight is 614 g/mol. The maximum Gasteiger partial charge on any atom is 0.260 e. The molecule has 3 N–H and O–H groups in total. The predicted molar refractivity (Wildman–Crippen MR) is 154 cm³/mol. The van der Waals surface area contributed by atoms with E-state index < -0.39 is 28.8 Å². The van der Waals surface area contributed by atoms with E-state index in [-0.39, 0.29) is 31.5 Å². The smallest absolute Gasteiger partial charge is 0.260 e. The minimum atomic E-state index is -1.32. The quantitative estimate of drug-likeness (QED) is 0.313. The number of nitrogens with two attached hydrogens (primary N) is 1. The molecule has 1 aliphatic heterocycles. The van der Waals surface area contributed by atoms with Crippen LogP contribution in [-0.2, 0) is 9.59 Å². The Morgan fingerprint density at radius 1 is 1.15 bits per heavy atom. The molecule has 0 aliphatic carbocycles. The fraction of sp³-hybridized carbons (Fsp3) is 0.370. The van der Waals surface area contributed by atoms with E-state index in [1.165, 1.54) is 4.90 Å². The van der Waals surface area contributed by atoms with Crippen molar-refractivity contribution in [3.05, 3.63) is 58.6 Å². The minimum absolute atomic E-state index is 0.00284. The Morgan fingerprint density at radius 3 is 2.44 bits per heavy atom. The molecule has 1 fully saturated rings. The monoisotopic (exact) mass is 612 g/mol. The van der Waals surface area contributed by atoms with Crippen LogP contribution in [0.4, 0.5) is 5.69 Å². The number of nitrogens with zero attached hydrogens (tertiary/aromatic N) is 3. The fourth-order valence-electron chi connectivity index (χ4n) is 4.91. The third kappa shape index (κ3) is 6.53. The van der Waals surface area contributed by atoms with Crippen LogP contribution in [0.3, 0.4) is 0 Å². The van der Waals surface area contributed by atoms with Crippen molar-refractivity contribution in [1.29, 1.82) is 0 Å². The standard InChI is InChI=1S/C27H28Cl4N4O4/c1-14(2)22(35-12-17(36)10-21(35)26(32)37)13-34(27(38)25(30)31)16-6-3-5-15(9-16)23-11-20(33-39-23)24-18(28)7-4-8-19(24)29/h3-9,11,14,17,21-22,25,36H,10,12-13H2,1-2H3,(H2,32,37)/t17-,21?,22+/m0/s1. The lowest BCUT2D eigenvalue weighted by Gasteiger charge is -2.38. The van der Waals surface area contributed by atoms with Crippen molar-refractivity contribution in [2.24, 2.45) is 11.7 Å². The molecule has 3 atom stereocenters. The van der Waals surface area contributed by atoms with E-state index in [4.69, 9.17) is 56.7 Å². The Balaban J connectivity index is 1.69. The maximum absolute atomic E-state index is 13.2. The van der Waals surface area contributed by atoms with Crippen LogP contribution in [0.5, 0.6) is 0 Å². The van der Waals surface area contributed by atoms with Crippen LogP contribution in [0.25, 0.3) is 22.6 Å². The number of aliphatic hydroxyl groups excluding tert-OH is 1. The number of hydrogen-bond donors (Lipinski definition) is 2. The lowest BCUT2D eigenvalue weighted by atomic mass is 9.99. The van der Waals surface area contributed by atoms with Crippen molar-refractivity contribution in [1.82, 2.24) is 10.1 Å². The van der Waals surface area contributed by atoms with Crippen LogP contribution >= 0.6 is 46.4 Å². The van der Waals surface area contributed by atoms with E-state index in [0.29, 0.717) is 38.3 Å². The zero-order chi connectivity index (χ0) is 28.4. The van der Waals surface area contributed by atoms with Crippen molar-refractivity contribution >= 4 is 63.9 Å². The van der Waals surface area contributed by atoms with E-state index in [1.807, 2.05) is 24.8 Å². The van der Waals surface area contributed by atoms with E-state index in [1.54, 1.807) is 42.5 Å². The molecule has 2 aromatic carbocycles. The Kier molecular flexibility index (Phi) is 9.47. The highest BCUT2D eigenvalue weighted by Gasteiger charge is 2.41. The summed E-state index contributed by atoms with van der Waals surface area (Å²) in [6, 6.07) is 13.0. The second-order valence-corrected chi connectivity index (χ2v) is 11.7. The normalized spacial score (nSPS) is 18.6. The number of carbonyl (C=O) groups is 2. The van der Waals surface area contributed by atoms with Gasteiger partial charge >= 0.3 is 0 Å². The van der Waals surface area contributed by atoms with Gasteiger partial charge in [-0.3, -0.25) is 14.5 Å². The molecule has 4 rings (SSSR count). The number of rotatable bonds is 9. The van der Waals surface area contributed by atoms with E-state index in [0.717, 1.165) is 0 Å². The molecule has 0 bridgehead atoms. The molecule has 2 amide bonds. The van der Waals surface area contributed by atoms with Gasteiger partial charge in [-0.2, -0.15) is 0 Å². The molecule has 0 spiro atoms. The number of likely N-dealkylation sites (tertiary alicyclic amines) is 1. The van der Waals surface area contributed by atoms with Gasteiger partial charge in [0.2, 0.25) is 5.91 Å². The molecular weight excluding hydrogens is 586 g/mol. The van der Waals surface area contributed by atoms with Gasteiger partial charge in [-0.25, -0.2) is 0 Å². The molecule has 12 heteroatoms. The molecule has 1 aliphatic rings. The molecular formula is C27H28Cl4N4O4. The van der Waals surface area contributed by atoms with E-state index in [2.05, 4.69) is 5.16 Å². The highest BCUT2D eigenvalue weighted by atomic mass is 35.5. The van der Waals surface area contributed by atoms with E-state index in [9.17, 15) is 14.7 Å². The number of primary amides is 1. The molecule has 1 unspecified atom stereocenters. The first-order valence-corrected chi connectivity index (χ1v) is 13.9. The van der Waals surface area contributed by atoms with Crippen LogP contribution in [0.1, 0.15) is 20.3 Å². The number of benzene rings is 2. The number of carbonyl (C=O) groups excluding carboxylic acids is 2. The van der Waals surface area contributed by atoms with Crippen LogP contribution in [0.2, 0.25) is 10.0 Å². The molecule has 0 radical (unpaired) electrons. The SMILES string of the molecule is CC(C)[C@@H](CN(C(=O)C(Cl)Cl)c1cccc(-c2cc(-c3c(Cl)cccc3Cl)no2)c1)N1C[C@@H](O)CC1C(N)=O. The van der Waals surface area contributed by atoms with Gasteiger partial charge in [0.15, 0.2) is 10.6 Å². The molecule has 8 nitrogen and oxygen atoms in total. The molecule has 3 aromatic rings. The highest BCUT2D eigenvalue weighted by molar-refractivity contribution is 6.54. The summed E-state index contributed by atoms with van der Waals surface area (Å²) in [5.41, 5.74) is 7.80. The number of aliphatic hydroxyl groups is 1. The first-order valence-electron chi connectivity index (χ1n) is 12.3. The molecule has 2 heterocycles. The number of anilines is 1. The zero-order valence-electron chi connectivity index (χ0n) is 21.2. The largest absolute Gasteiger partial charge is 0.392 e. The summed E-state index contributed by atoms with van der Waals surface area (Å²) in [7, 11) is 0. The molecule has 208 valence electrons. The Morgan fingerprint density at radius 2 is 1.82 bits per heavy atom. The second kappa shape index (κ2) is 12.5. The number of hydrogen-bond acceptors (Lipinski definition) is 6. The first kappa shape index (κ1) is 29.6. The minimum Gasteiger partial charge on any atom is -0.392 e. The van der Waals surface area contributed by atoms with Gasteiger partial charge < -0.3 is 20.3 Å². The van der Waals surface area contributed by atoms with Crippen molar-refractivity contribution in [2.45, 2.75) is 43.3 Å². The molecule has 0 saturated carbocycles. The third-order valence-corrected chi connectivity index (χ3v) is 7.84. The van der Waals surface area contributed by atoms with Crippen molar-refractivity contribution < 1.29 is 19.2 Å². The highest BCUT2D eigenvalue weighted by Crippen LogP contribution is 2.37. The van der Waals surface area contributed by atoms with Gasteiger partial charge in [0.1, 0.15) is 5.69 Å². The fourth-order valence-corrected chi connectivity index (χ4v) is 5.74. The Bertz CT molecular complexity index is 1330. The van der Waals surface area contributed by atoms with Gasteiger partial charge in [0.25, 0.3) is 5.91 Å². The lowest BCUT2D eigenvalue weighted by Crippen LogP contribution is -2.54. The van der Waals surface area contributed by atoms with Crippen molar-refractivity contribution in [3.63, 3.8) is 0 Å². The van der Waals surface area contributed by atoms with Crippen molar-refractivity contribution in [2.75, 3.05) is 18.0 Å². The first-order chi connectivity index (χ1) is 18.5. The summed E-state index contributed by atoms with van der Waals surface area (Å²) >= 11 is 24.8. The van der Waals surface area contributed by atoms with Crippen LogP contribution in [-0.4, -0.2) is 63.1 Å². The average Bonchev–Trinajstić information content (AvgIpc) is 3.51. The molecule has 1 saturated heterocycles. The number of halogens is 4. The lowest BCUT2D eigenvalue weighted by molar-refractivity contribution is -0.123. The number of amides is 2.